The Bertz CT molecular complexity index is 533. The monoisotopic (exact) mass is 309 g/mol. The molecular weight excluding hydrogens is 290 g/mol. The number of thiophene rings is 2. The molecule has 0 amide bonds. The Morgan fingerprint density at radius 3 is 2.75 bits per heavy atom. The molecular formula is C14H19N3OS2. The second-order valence-corrected chi connectivity index (χ2v) is 6.69. The molecule has 0 saturated carbocycles. The molecule has 2 heterocycles. The van der Waals surface area contributed by atoms with Gasteiger partial charge in [0, 0.05) is 16.3 Å². The van der Waals surface area contributed by atoms with E-state index in [9.17, 15) is 5.11 Å². The van der Waals surface area contributed by atoms with Gasteiger partial charge in [-0.05, 0) is 36.2 Å². The van der Waals surface area contributed by atoms with E-state index < -0.39 is 5.60 Å². The van der Waals surface area contributed by atoms with E-state index in [1.807, 2.05) is 23.6 Å². The first-order valence-corrected chi connectivity index (χ1v) is 8.16. The molecule has 0 spiro atoms. The van der Waals surface area contributed by atoms with E-state index in [1.54, 1.807) is 18.3 Å². The third kappa shape index (κ3) is 4.33. The summed E-state index contributed by atoms with van der Waals surface area (Å²) in [4.78, 5) is 6.43. The molecule has 4 N–H and O–H groups in total. The quantitative estimate of drug-likeness (QED) is 0.566. The lowest BCUT2D eigenvalue weighted by Crippen LogP contribution is -2.35. The lowest BCUT2D eigenvalue weighted by molar-refractivity contribution is 0.0712. The minimum atomic E-state index is -0.964. The zero-order valence-electron chi connectivity index (χ0n) is 11.4. The van der Waals surface area contributed by atoms with Crippen LogP contribution in [0.2, 0.25) is 0 Å². The number of guanidine groups is 1. The van der Waals surface area contributed by atoms with E-state index in [4.69, 9.17) is 5.73 Å². The van der Waals surface area contributed by atoms with Crippen LogP contribution in [0.5, 0.6) is 0 Å². The molecule has 0 aliphatic rings. The van der Waals surface area contributed by atoms with E-state index in [2.05, 4.69) is 21.8 Å². The van der Waals surface area contributed by atoms with Gasteiger partial charge in [-0.25, -0.2) is 0 Å². The average molecular weight is 309 g/mol. The summed E-state index contributed by atoms with van der Waals surface area (Å²) in [6.45, 7) is 2.75. The van der Waals surface area contributed by atoms with E-state index in [0.29, 0.717) is 5.96 Å². The smallest absolute Gasteiger partial charge is 0.188 e. The highest BCUT2D eigenvalue weighted by Crippen LogP contribution is 2.25. The maximum absolute atomic E-state index is 10.3. The molecule has 20 heavy (non-hydrogen) atoms. The van der Waals surface area contributed by atoms with Crippen LogP contribution in [-0.2, 0) is 12.0 Å². The first-order chi connectivity index (χ1) is 9.58. The van der Waals surface area contributed by atoms with Crippen molar-refractivity contribution in [3.63, 3.8) is 0 Å². The molecule has 2 rings (SSSR count). The SMILES string of the molecule is CC(O)(CN=C(N)NCCc1cccs1)c1cccs1. The van der Waals surface area contributed by atoms with Gasteiger partial charge in [-0.2, -0.15) is 0 Å². The Hall–Kier alpha value is -1.37. The van der Waals surface area contributed by atoms with Gasteiger partial charge in [-0.3, -0.25) is 4.99 Å². The highest BCUT2D eigenvalue weighted by atomic mass is 32.1. The Labute approximate surface area is 127 Å². The van der Waals surface area contributed by atoms with E-state index in [0.717, 1.165) is 17.8 Å². The molecule has 0 bridgehead atoms. The summed E-state index contributed by atoms with van der Waals surface area (Å²) in [7, 11) is 0. The van der Waals surface area contributed by atoms with Crippen molar-refractivity contribution in [3.05, 3.63) is 44.8 Å². The van der Waals surface area contributed by atoms with Crippen molar-refractivity contribution in [2.24, 2.45) is 10.7 Å². The van der Waals surface area contributed by atoms with Crippen LogP contribution < -0.4 is 11.1 Å². The van der Waals surface area contributed by atoms with E-state index in [-0.39, 0.29) is 6.54 Å². The molecule has 0 fully saturated rings. The molecule has 108 valence electrons. The number of hydrogen-bond donors (Lipinski definition) is 3. The van der Waals surface area contributed by atoms with Gasteiger partial charge in [0.1, 0.15) is 5.60 Å². The number of rotatable bonds is 6. The highest BCUT2D eigenvalue weighted by molar-refractivity contribution is 7.10. The van der Waals surface area contributed by atoms with Crippen LogP contribution in [0.3, 0.4) is 0 Å². The zero-order chi connectivity index (χ0) is 14.4. The summed E-state index contributed by atoms with van der Waals surface area (Å²) in [5.41, 5.74) is 4.84. The minimum absolute atomic E-state index is 0.255. The normalized spacial score (nSPS) is 15.0. The van der Waals surface area contributed by atoms with E-state index >= 15 is 0 Å². The molecule has 0 aliphatic heterocycles. The number of nitrogens with two attached hydrogens (primary N) is 1. The van der Waals surface area contributed by atoms with Crippen LogP contribution in [0.25, 0.3) is 0 Å². The van der Waals surface area contributed by atoms with Gasteiger partial charge in [-0.1, -0.05) is 12.1 Å². The third-order valence-electron chi connectivity index (χ3n) is 2.87. The average Bonchev–Trinajstić information content (AvgIpc) is 3.09. The number of nitrogens with zero attached hydrogens (tertiary/aromatic N) is 1. The third-order valence-corrected chi connectivity index (χ3v) is 4.93. The molecule has 2 aromatic rings. The molecule has 0 saturated heterocycles. The van der Waals surface area contributed by atoms with Gasteiger partial charge in [0.2, 0.25) is 0 Å². The second-order valence-electron chi connectivity index (χ2n) is 4.71. The second kappa shape index (κ2) is 6.88. The van der Waals surface area contributed by atoms with Gasteiger partial charge in [0.25, 0.3) is 0 Å². The van der Waals surface area contributed by atoms with Crippen LogP contribution in [0.15, 0.2) is 40.0 Å². The lowest BCUT2D eigenvalue weighted by atomic mass is 10.1. The molecule has 0 radical (unpaired) electrons. The van der Waals surface area contributed by atoms with Gasteiger partial charge in [0.15, 0.2) is 5.96 Å². The van der Waals surface area contributed by atoms with Crippen molar-refractivity contribution in [2.45, 2.75) is 18.9 Å². The van der Waals surface area contributed by atoms with Gasteiger partial charge < -0.3 is 16.2 Å². The highest BCUT2D eigenvalue weighted by Gasteiger charge is 2.23. The summed E-state index contributed by atoms with van der Waals surface area (Å²) >= 11 is 3.25. The number of hydrogen-bond acceptors (Lipinski definition) is 4. The van der Waals surface area contributed by atoms with Gasteiger partial charge in [0.05, 0.1) is 6.54 Å². The van der Waals surface area contributed by atoms with Crippen molar-refractivity contribution >= 4 is 28.6 Å². The van der Waals surface area contributed by atoms with Gasteiger partial charge in [-0.15, -0.1) is 22.7 Å². The number of aliphatic hydroxyl groups is 1. The largest absolute Gasteiger partial charge is 0.383 e. The van der Waals surface area contributed by atoms with Crippen molar-refractivity contribution in [1.82, 2.24) is 5.32 Å². The molecule has 4 nitrogen and oxygen atoms in total. The summed E-state index contributed by atoms with van der Waals surface area (Å²) in [6.07, 6.45) is 0.926. The maximum Gasteiger partial charge on any atom is 0.188 e. The Morgan fingerprint density at radius 1 is 1.35 bits per heavy atom. The van der Waals surface area contributed by atoms with Crippen LogP contribution >= 0.6 is 22.7 Å². The molecule has 0 aliphatic carbocycles. The van der Waals surface area contributed by atoms with Crippen molar-refractivity contribution in [2.75, 3.05) is 13.1 Å². The molecule has 1 unspecified atom stereocenters. The molecule has 6 heteroatoms. The number of nitrogens with one attached hydrogen (secondary N) is 1. The minimum Gasteiger partial charge on any atom is -0.383 e. The van der Waals surface area contributed by atoms with Gasteiger partial charge >= 0.3 is 0 Å². The summed E-state index contributed by atoms with van der Waals surface area (Å²) in [5.74, 6) is 0.374. The predicted molar refractivity (Wildman–Crippen MR) is 86.4 cm³/mol. The predicted octanol–water partition coefficient (Wildman–Crippen LogP) is 2.16. The summed E-state index contributed by atoms with van der Waals surface area (Å²) < 4.78 is 0. The Balaban J connectivity index is 1.78. The Kier molecular flexibility index (Phi) is 5.17. The molecule has 2 aromatic heterocycles. The maximum atomic E-state index is 10.3. The first-order valence-electron chi connectivity index (χ1n) is 6.40. The lowest BCUT2D eigenvalue weighted by Gasteiger charge is -2.19. The standard InChI is InChI=1S/C14H19N3OS2/c1-14(18,12-5-3-9-20-12)10-17-13(15)16-7-6-11-4-2-8-19-11/h2-5,8-9,18H,6-7,10H2,1H3,(H3,15,16,17). The summed E-state index contributed by atoms with van der Waals surface area (Å²) in [6, 6.07) is 7.96. The van der Waals surface area contributed by atoms with Crippen molar-refractivity contribution < 1.29 is 5.11 Å². The fourth-order valence-electron chi connectivity index (χ4n) is 1.73. The Morgan fingerprint density at radius 2 is 2.10 bits per heavy atom. The van der Waals surface area contributed by atoms with E-state index in [1.165, 1.54) is 16.2 Å². The van der Waals surface area contributed by atoms with Crippen LogP contribution in [0.1, 0.15) is 16.7 Å². The van der Waals surface area contributed by atoms with Crippen LogP contribution in [0, 0.1) is 0 Å². The molecule has 1 atom stereocenters. The first kappa shape index (κ1) is 15.0. The van der Waals surface area contributed by atoms with Crippen molar-refractivity contribution in [3.8, 4) is 0 Å². The van der Waals surface area contributed by atoms with Crippen LogP contribution in [-0.4, -0.2) is 24.2 Å². The van der Waals surface area contributed by atoms with Crippen LogP contribution in [0.4, 0.5) is 0 Å². The number of aliphatic imine (C=N–C) groups is 1. The fourth-order valence-corrected chi connectivity index (χ4v) is 3.21. The fraction of sp³-hybridized carbons (Fsp3) is 0.357. The topological polar surface area (TPSA) is 70.6 Å². The zero-order valence-corrected chi connectivity index (χ0v) is 13.0. The molecule has 0 aromatic carbocycles. The summed E-state index contributed by atoms with van der Waals surface area (Å²) in [5, 5.41) is 17.4. The van der Waals surface area contributed by atoms with Crippen molar-refractivity contribution in [1.29, 1.82) is 0 Å².